The van der Waals surface area contributed by atoms with E-state index in [0.717, 1.165) is 50.5 Å². The normalized spacial score (nSPS) is 22.4. The van der Waals surface area contributed by atoms with E-state index in [-0.39, 0.29) is 23.2 Å². The lowest BCUT2D eigenvalue weighted by atomic mass is 9.80. The Morgan fingerprint density at radius 3 is 2.33 bits per heavy atom. The second-order valence-electron chi connectivity index (χ2n) is 9.12. The summed E-state index contributed by atoms with van der Waals surface area (Å²) in [5, 5.41) is 6.95. The molecular formula is C21H34N4O2. The third-order valence-electron chi connectivity index (χ3n) is 5.50. The van der Waals surface area contributed by atoms with E-state index in [2.05, 4.69) is 55.4 Å². The van der Waals surface area contributed by atoms with Gasteiger partial charge in [0.2, 0.25) is 0 Å². The van der Waals surface area contributed by atoms with Gasteiger partial charge in [0, 0.05) is 55.1 Å². The average molecular weight is 375 g/mol. The first kappa shape index (κ1) is 19.8. The molecule has 0 aliphatic carbocycles. The van der Waals surface area contributed by atoms with Crippen molar-refractivity contribution in [1.82, 2.24) is 15.5 Å². The van der Waals surface area contributed by atoms with E-state index < -0.39 is 0 Å². The molecule has 2 aliphatic rings. The maximum Gasteiger partial charge on any atom is 0.317 e. The number of carbonyl (C=O) groups excluding carboxylic acids is 1. The standard InChI is InChI=1S/C21H34N4O2/c1-20(2)14-16(15-21(3,4)23-20)22-19(26)25-11-9-24(10-12-25)17-7-6-8-18(13-17)27-5/h6-8,13,16,23H,9-12,14-15H2,1-5H3,(H,22,26). The summed E-state index contributed by atoms with van der Waals surface area (Å²) in [7, 11) is 1.69. The molecule has 0 bridgehead atoms. The zero-order valence-electron chi connectivity index (χ0n) is 17.3. The fraction of sp³-hybridized carbons (Fsp3) is 0.667. The molecular weight excluding hydrogens is 340 g/mol. The van der Waals surface area contributed by atoms with Crippen LogP contribution in [0.3, 0.4) is 0 Å². The largest absolute Gasteiger partial charge is 0.497 e. The molecule has 0 spiro atoms. The van der Waals surface area contributed by atoms with Crippen LogP contribution in [0.25, 0.3) is 0 Å². The van der Waals surface area contributed by atoms with Crippen LogP contribution in [0.1, 0.15) is 40.5 Å². The average Bonchev–Trinajstić information content (AvgIpc) is 2.59. The third-order valence-corrected chi connectivity index (χ3v) is 5.50. The Morgan fingerprint density at radius 2 is 1.74 bits per heavy atom. The van der Waals surface area contributed by atoms with Crippen molar-refractivity contribution in [2.75, 3.05) is 38.2 Å². The minimum Gasteiger partial charge on any atom is -0.497 e. The minimum absolute atomic E-state index is 0.0325. The Hall–Kier alpha value is -1.95. The van der Waals surface area contributed by atoms with Gasteiger partial charge >= 0.3 is 6.03 Å². The number of hydrogen-bond acceptors (Lipinski definition) is 4. The number of nitrogens with one attached hydrogen (secondary N) is 2. The SMILES string of the molecule is COc1cccc(N2CCN(C(=O)NC3CC(C)(C)NC(C)(C)C3)CC2)c1. The van der Waals surface area contributed by atoms with Gasteiger partial charge in [-0.05, 0) is 52.7 Å². The lowest BCUT2D eigenvalue weighted by Crippen LogP contribution is -2.63. The second kappa shape index (κ2) is 7.58. The van der Waals surface area contributed by atoms with Crippen molar-refractivity contribution in [2.24, 2.45) is 0 Å². The Morgan fingerprint density at radius 1 is 1.11 bits per heavy atom. The number of methoxy groups -OCH3 is 1. The van der Waals surface area contributed by atoms with Gasteiger partial charge in [-0.15, -0.1) is 0 Å². The summed E-state index contributed by atoms with van der Waals surface area (Å²) >= 11 is 0. The number of hydrogen-bond donors (Lipinski definition) is 2. The first-order chi connectivity index (χ1) is 12.7. The first-order valence-electron chi connectivity index (χ1n) is 9.91. The number of amides is 2. The molecule has 1 aromatic carbocycles. The van der Waals surface area contributed by atoms with Gasteiger partial charge in [0.25, 0.3) is 0 Å². The predicted octanol–water partition coefficient (Wildman–Crippen LogP) is 2.84. The maximum atomic E-state index is 12.8. The van der Waals surface area contributed by atoms with Crippen molar-refractivity contribution in [3.8, 4) is 5.75 Å². The molecule has 0 radical (unpaired) electrons. The van der Waals surface area contributed by atoms with Crippen LogP contribution >= 0.6 is 0 Å². The molecule has 1 aromatic rings. The number of piperazine rings is 1. The zero-order valence-corrected chi connectivity index (χ0v) is 17.3. The second-order valence-corrected chi connectivity index (χ2v) is 9.12. The van der Waals surface area contributed by atoms with E-state index in [1.807, 2.05) is 17.0 Å². The van der Waals surface area contributed by atoms with E-state index in [9.17, 15) is 4.79 Å². The molecule has 2 saturated heterocycles. The summed E-state index contributed by atoms with van der Waals surface area (Å²) in [6, 6.07) is 8.38. The Labute approximate surface area is 163 Å². The lowest BCUT2D eigenvalue weighted by Gasteiger charge is -2.47. The molecule has 0 unspecified atom stereocenters. The maximum absolute atomic E-state index is 12.8. The molecule has 3 rings (SSSR count). The number of benzene rings is 1. The van der Waals surface area contributed by atoms with E-state index >= 15 is 0 Å². The Bertz CT molecular complexity index is 650. The van der Waals surface area contributed by atoms with Crippen LogP contribution in [0, 0.1) is 0 Å². The predicted molar refractivity (Wildman–Crippen MR) is 110 cm³/mol. The number of anilines is 1. The van der Waals surface area contributed by atoms with Crippen LogP contribution in [0.4, 0.5) is 10.5 Å². The van der Waals surface area contributed by atoms with Crippen LogP contribution < -0.4 is 20.3 Å². The fourth-order valence-electron chi connectivity index (χ4n) is 4.67. The molecule has 2 amide bonds. The summed E-state index contributed by atoms with van der Waals surface area (Å²) < 4.78 is 5.32. The topological polar surface area (TPSA) is 56.8 Å². The number of ether oxygens (including phenoxy) is 1. The van der Waals surface area contributed by atoms with Crippen LogP contribution in [-0.2, 0) is 0 Å². The molecule has 0 aromatic heterocycles. The summed E-state index contributed by atoms with van der Waals surface area (Å²) in [4.78, 5) is 17.0. The summed E-state index contributed by atoms with van der Waals surface area (Å²) in [6.07, 6.45) is 1.90. The highest BCUT2D eigenvalue weighted by molar-refractivity contribution is 5.75. The van der Waals surface area contributed by atoms with Gasteiger partial charge < -0.3 is 25.2 Å². The number of piperidine rings is 1. The molecule has 150 valence electrons. The highest BCUT2D eigenvalue weighted by Crippen LogP contribution is 2.28. The minimum atomic E-state index is 0.0325. The summed E-state index contributed by atoms with van der Waals surface area (Å²) in [5.74, 6) is 0.865. The van der Waals surface area contributed by atoms with Crippen molar-refractivity contribution in [2.45, 2.75) is 57.7 Å². The molecule has 0 atom stereocenters. The Kier molecular flexibility index (Phi) is 5.56. The fourth-order valence-corrected chi connectivity index (χ4v) is 4.67. The van der Waals surface area contributed by atoms with Crippen molar-refractivity contribution in [3.05, 3.63) is 24.3 Å². The van der Waals surface area contributed by atoms with Gasteiger partial charge in [0.1, 0.15) is 5.75 Å². The highest BCUT2D eigenvalue weighted by Gasteiger charge is 2.38. The van der Waals surface area contributed by atoms with E-state index in [0.29, 0.717) is 0 Å². The van der Waals surface area contributed by atoms with Gasteiger partial charge in [0.15, 0.2) is 0 Å². The molecule has 2 fully saturated rings. The van der Waals surface area contributed by atoms with Gasteiger partial charge in [0.05, 0.1) is 7.11 Å². The number of carbonyl (C=O) groups is 1. The van der Waals surface area contributed by atoms with E-state index in [1.165, 1.54) is 0 Å². The van der Waals surface area contributed by atoms with Crippen LogP contribution in [0.2, 0.25) is 0 Å². The van der Waals surface area contributed by atoms with Crippen molar-refractivity contribution < 1.29 is 9.53 Å². The molecule has 27 heavy (non-hydrogen) atoms. The summed E-state index contributed by atoms with van der Waals surface area (Å²) in [5.41, 5.74) is 1.21. The van der Waals surface area contributed by atoms with E-state index in [1.54, 1.807) is 7.11 Å². The van der Waals surface area contributed by atoms with Crippen molar-refractivity contribution in [3.63, 3.8) is 0 Å². The van der Waals surface area contributed by atoms with Crippen LogP contribution in [-0.4, -0.2) is 61.3 Å². The van der Waals surface area contributed by atoms with Gasteiger partial charge in [-0.2, -0.15) is 0 Å². The van der Waals surface area contributed by atoms with Gasteiger partial charge in [-0.25, -0.2) is 4.79 Å². The zero-order chi connectivity index (χ0) is 19.7. The Balaban J connectivity index is 1.54. The molecule has 0 saturated carbocycles. The number of rotatable bonds is 3. The van der Waals surface area contributed by atoms with Crippen LogP contribution in [0.15, 0.2) is 24.3 Å². The molecule has 2 heterocycles. The molecule has 6 heteroatoms. The number of urea groups is 1. The number of nitrogens with zero attached hydrogens (tertiary/aromatic N) is 2. The molecule has 2 N–H and O–H groups in total. The van der Waals surface area contributed by atoms with E-state index in [4.69, 9.17) is 4.74 Å². The molecule has 6 nitrogen and oxygen atoms in total. The van der Waals surface area contributed by atoms with Crippen molar-refractivity contribution >= 4 is 11.7 Å². The van der Waals surface area contributed by atoms with Gasteiger partial charge in [-0.3, -0.25) is 0 Å². The summed E-state index contributed by atoms with van der Waals surface area (Å²) in [6.45, 7) is 12.0. The monoisotopic (exact) mass is 374 g/mol. The van der Waals surface area contributed by atoms with Crippen molar-refractivity contribution in [1.29, 1.82) is 0 Å². The lowest BCUT2D eigenvalue weighted by molar-refractivity contribution is 0.138. The quantitative estimate of drug-likeness (QED) is 0.854. The smallest absolute Gasteiger partial charge is 0.317 e. The van der Waals surface area contributed by atoms with Gasteiger partial charge in [-0.1, -0.05) is 6.07 Å². The first-order valence-corrected chi connectivity index (χ1v) is 9.91. The third kappa shape index (κ3) is 5.06. The highest BCUT2D eigenvalue weighted by atomic mass is 16.5. The van der Waals surface area contributed by atoms with Crippen LogP contribution in [0.5, 0.6) is 5.75 Å². The molecule has 2 aliphatic heterocycles.